The molecule has 0 unspecified atom stereocenters. The van der Waals surface area contributed by atoms with E-state index in [2.05, 4.69) is 4.52 Å². The Kier molecular flexibility index (Phi) is 5.15. The molecular formula is C18H27F2O3P. The maximum absolute atomic E-state index is 13.3. The monoisotopic (exact) mass is 360 g/mol. The summed E-state index contributed by atoms with van der Waals surface area (Å²) in [7, 11) is -7.02. The van der Waals surface area contributed by atoms with Crippen LogP contribution in [0.1, 0.15) is 87.2 Å². The average Bonchev–Trinajstić information content (AvgIpc) is 2.55. The summed E-state index contributed by atoms with van der Waals surface area (Å²) >= 11 is 0. The standard InChI is InChI=1S/C18H27F2O3P/c19-24(20,21,22)23-18-12-11-16(14-7-3-1-4-8-14)13-17(18)15-9-5-2-6-10-15/h11-15,21-22H,1-10H2. The predicted molar refractivity (Wildman–Crippen MR) is 92.3 cm³/mol. The molecule has 0 aliphatic heterocycles. The van der Waals surface area contributed by atoms with Crippen molar-refractivity contribution >= 4 is 7.91 Å². The Bertz CT molecular complexity index is 564. The van der Waals surface area contributed by atoms with E-state index in [9.17, 15) is 8.39 Å². The number of rotatable bonds is 4. The molecule has 3 rings (SSSR count). The molecule has 0 spiro atoms. The number of hydrogen-bond acceptors (Lipinski definition) is 3. The second-order valence-electron chi connectivity index (χ2n) is 7.32. The van der Waals surface area contributed by atoms with E-state index in [-0.39, 0.29) is 11.7 Å². The SMILES string of the molecule is OP(O)(F)(F)Oc1ccc(C2CCCCC2)cc1C1CCCCC1. The first-order valence-corrected chi connectivity index (χ1v) is 10.9. The summed E-state index contributed by atoms with van der Waals surface area (Å²) < 4.78 is 31.1. The van der Waals surface area contributed by atoms with Gasteiger partial charge in [-0.15, -0.1) is 0 Å². The van der Waals surface area contributed by atoms with Gasteiger partial charge < -0.3 is 0 Å². The minimum atomic E-state index is -7.02. The molecule has 0 bridgehead atoms. The number of halogens is 2. The van der Waals surface area contributed by atoms with Gasteiger partial charge in [0.15, 0.2) is 0 Å². The Hall–Kier alpha value is -0.770. The van der Waals surface area contributed by atoms with Gasteiger partial charge in [0.25, 0.3) is 0 Å². The summed E-state index contributed by atoms with van der Waals surface area (Å²) in [6.07, 6.45) is 11.1. The molecule has 1 aromatic carbocycles. The second kappa shape index (κ2) is 6.86. The topological polar surface area (TPSA) is 49.7 Å². The van der Waals surface area contributed by atoms with E-state index in [4.69, 9.17) is 9.79 Å². The first-order valence-electron chi connectivity index (χ1n) is 9.07. The van der Waals surface area contributed by atoms with Crippen LogP contribution in [0.25, 0.3) is 0 Å². The van der Waals surface area contributed by atoms with Crippen LogP contribution in [-0.4, -0.2) is 9.79 Å². The summed E-state index contributed by atoms with van der Waals surface area (Å²) in [4.78, 5) is 17.8. The third-order valence-electron chi connectivity index (χ3n) is 5.40. The summed E-state index contributed by atoms with van der Waals surface area (Å²) in [6, 6.07) is 5.32. The quantitative estimate of drug-likeness (QED) is 0.627. The van der Waals surface area contributed by atoms with Gasteiger partial charge in [0.2, 0.25) is 0 Å². The van der Waals surface area contributed by atoms with Crippen molar-refractivity contribution in [3.8, 4) is 5.75 Å². The van der Waals surface area contributed by atoms with E-state index < -0.39 is 7.91 Å². The zero-order valence-electron chi connectivity index (χ0n) is 14.0. The molecule has 2 aliphatic rings. The van der Waals surface area contributed by atoms with Crippen molar-refractivity contribution in [1.82, 2.24) is 0 Å². The van der Waals surface area contributed by atoms with Crippen LogP contribution in [-0.2, 0) is 0 Å². The Morgan fingerprint density at radius 2 is 1.38 bits per heavy atom. The molecule has 2 N–H and O–H groups in total. The molecule has 6 heteroatoms. The molecule has 2 fully saturated rings. The zero-order chi connectivity index (χ0) is 17.2. The van der Waals surface area contributed by atoms with Crippen LogP contribution in [0.3, 0.4) is 0 Å². The minimum absolute atomic E-state index is 0.0610. The fraction of sp³-hybridized carbons (Fsp3) is 0.667. The fourth-order valence-corrected chi connectivity index (χ4v) is 4.73. The van der Waals surface area contributed by atoms with Gasteiger partial charge in [0, 0.05) is 0 Å². The van der Waals surface area contributed by atoms with Gasteiger partial charge in [-0.3, -0.25) is 0 Å². The average molecular weight is 360 g/mol. The molecular weight excluding hydrogens is 333 g/mol. The van der Waals surface area contributed by atoms with E-state index >= 15 is 0 Å². The third-order valence-corrected chi connectivity index (χ3v) is 5.90. The van der Waals surface area contributed by atoms with Crippen molar-refractivity contribution in [3.63, 3.8) is 0 Å². The second-order valence-corrected chi connectivity index (χ2v) is 9.01. The summed E-state index contributed by atoms with van der Waals surface area (Å²) in [5.74, 6) is 0.578. The van der Waals surface area contributed by atoms with Gasteiger partial charge in [-0.1, -0.05) is 0 Å². The van der Waals surface area contributed by atoms with Crippen LogP contribution in [0.2, 0.25) is 0 Å². The van der Waals surface area contributed by atoms with E-state index in [0.717, 1.165) is 44.1 Å². The van der Waals surface area contributed by atoms with Crippen molar-refractivity contribution in [2.75, 3.05) is 0 Å². The Morgan fingerprint density at radius 3 is 1.92 bits per heavy atom. The summed E-state index contributed by atoms with van der Waals surface area (Å²) in [5.41, 5.74) is 1.90. The molecule has 0 atom stereocenters. The van der Waals surface area contributed by atoms with Gasteiger partial charge in [-0.2, -0.15) is 0 Å². The van der Waals surface area contributed by atoms with Gasteiger partial charge in [0.1, 0.15) is 0 Å². The fourth-order valence-electron chi connectivity index (χ4n) is 4.23. The van der Waals surface area contributed by atoms with Crippen LogP contribution in [0.5, 0.6) is 5.75 Å². The normalized spacial score (nSPS) is 22.8. The maximum atomic E-state index is 13.3. The first kappa shape index (κ1) is 18.0. The van der Waals surface area contributed by atoms with Gasteiger partial charge in [-0.25, -0.2) is 0 Å². The molecule has 24 heavy (non-hydrogen) atoms. The number of hydrogen-bond donors (Lipinski definition) is 2. The molecule has 0 heterocycles. The van der Waals surface area contributed by atoms with Crippen LogP contribution < -0.4 is 4.52 Å². The molecule has 0 saturated heterocycles. The molecule has 0 aromatic heterocycles. The molecule has 1 aromatic rings. The van der Waals surface area contributed by atoms with Crippen molar-refractivity contribution in [2.24, 2.45) is 0 Å². The van der Waals surface area contributed by atoms with Crippen LogP contribution in [0.15, 0.2) is 18.2 Å². The molecule has 0 radical (unpaired) electrons. The van der Waals surface area contributed by atoms with E-state index in [1.807, 2.05) is 12.1 Å². The Labute approximate surface area is 142 Å². The molecule has 3 nitrogen and oxygen atoms in total. The summed E-state index contributed by atoms with van der Waals surface area (Å²) in [6.45, 7) is 0. The van der Waals surface area contributed by atoms with E-state index in [0.29, 0.717) is 5.92 Å². The Morgan fingerprint density at radius 1 is 0.833 bits per heavy atom. The van der Waals surface area contributed by atoms with Crippen LogP contribution in [0.4, 0.5) is 8.39 Å². The predicted octanol–water partition coefficient (Wildman–Crippen LogP) is 6.21. The molecule has 2 aliphatic carbocycles. The zero-order valence-corrected chi connectivity index (χ0v) is 14.9. The van der Waals surface area contributed by atoms with Crippen LogP contribution in [0, 0.1) is 0 Å². The van der Waals surface area contributed by atoms with Gasteiger partial charge in [0.05, 0.1) is 0 Å². The van der Waals surface area contributed by atoms with Crippen molar-refractivity contribution < 1.29 is 22.7 Å². The summed E-state index contributed by atoms with van der Waals surface area (Å²) in [5, 5.41) is 0. The van der Waals surface area contributed by atoms with Crippen molar-refractivity contribution in [2.45, 2.75) is 76.0 Å². The van der Waals surface area contributed by atoms with Crippen molar-refractivity contribution in [1.29, 1.82) is 0 Å². The Balaban J connectivity index is 1.92. The van der Waals surface area contributed by atoms with E-state index in [1.165, 1.54) is 37.3 Å². The van der Waals surface area contributed by atoms with Crippen LogP contribution >= 0.6 is 7.91 Å². The van der Waals surface area contributed by atoms with Crippen molar-refractivity contribution in [3.05, 3.63) is 29.3 Å². The molecule has 136 valence electrons. The third kappa shape index (κ3) is 4.87. The molecule has 2 saturated carbocycles. The first-order chi connectivity index (χ1) is 11.3. The van der Waals surface area contributed by atoms with Gasteiger partial charge in [-0.05, 0) is 0 Å². The number of benzene rings is 1. The molecule has 0 amide bonds. The van der Waals surface area contributed by atoms with E-state index in [1.54, 1.807) is 0 Å². The van der Waals surface area contributed by atoms with Gasteiger partial charge >= 0.3 is 142 Å².